The number of hydrogen-bond acceptors (Lipinski definition) is 5. The Morgan fingerprint density at radius 1 is 1.54 bits per heavy atom. The highest BCUT2D eigenvalue weighted by molar-refractivity contribution is 7.95. The first kappa shape index (κ1) is 18.1. The van der Waals surface area contributed by atoms with E-state index in [0.29, 0.717) is 25.2 Å². The van der Waals surface area contributed by atoms with Gasteiger partial charge in [0.25, 0.3) is 0 Å². The summed E-state index contributed by atoms with van der Waals surface area (Å²) in [7, 11) is -0.909. The maximum Gasteiger partial charge on any atom is 0.323 e. The van der Waals surface area contributed by atoms with Crippen molar-refractivity contribution in [1.29, 1.82) is 2.67 Å². The van der Waals surface area contributed by atoms with Crippen LogP contribution in [0.1, 0.15) is 32.8 Å². The molecule has 0 N–H and O–H groups in total. The van der Waals surface area contributed by atoms with Gasteiger partial charge >= 0.3 is 5.97 Å². The third-order valence-electron chi connectivity index (χ3n) is 4.35. The van der Waals surface area contributed by atoms with Crippen LogP contribution in [0.4, 0.5) is 0 Å². The van der Waals surface area contributed by atoms with Gasteiger partial charge in [0.1, 0.15) is 19.4 Å². The average molecular weight is 378 g/mol. The molecular weight excluding hydrogens is 345 g/mol. The number of carbonyl (C=O) groups is 1. The molecule has 0 unspecified atom stereocenters. The Hall–Kier alpha value is -1.24. The molecule has 1 aliphatic rings. The summed E-state index contributed by atoms with van der Waals surface area (Å²) >= 11 is 1.14. The van der Waals surface area contributed by atoms with Crippen molar-refractivity contribution in [3.63, 3.8) is 0 Å². The molecule has 26 heavy (non-hydrogen) atoms. The van der Waals surface area contributed by atoms with E-state index in [2.05, 4.69) is 23.6 Å². The fourth-order valence-electron chi connectivity index (χ4n) is 3.33. The van der Waals surface area contributed by atoms with Crippen LogP contribution in [0.5, 0.6) is 0 Å². The van der Waals surface area contributed by atoms with Crippen molar-refractivity contribution < 1.29 is 13.7 Å². The third kappa shape index (κ3) is 5.90. The lowest BCUT2D eigenvalue weighted by Gasteiger charge is -2.30. The van der Waals surface area contributed by atoms with Crippen LogP contribution < -0.4 is 0 Å². The summed E-state index contributed by atoms with van der Waals surface area (Å²) in [5, 5.41) is 0. The number of ether oxygens (including phenoxy) is 1. The maximum atomic E-state index is 12.9. The van der Waals surface area contributed by atoms with Crippen LogP contribution in [0.3, 0.4) is 0 Å². The van der Waals surface area contributed by atoms with Gasteiger partial charge in [0.2, 0.25) is 0 Å². The van der Waals surface area contributed by atoms with Crippen molar-refractivity contribution in [3.8, 4) is 0 Å². The Bertz CT molecular complexity index is 642. The number of benzene rings is 1. The molecule has 0 aromatic heterocycles. The largest absolute Gasteiger partial charge is 0.459 e. The zero-order valence-corrected chi connectivity index (χ0v) is 16.7. The average Bonchev–Trinajstić information content (AvgIpc) is 2.95. The van der Waals surface area contributed by atoms with Gasteiger partial charge in [-0.3, -0.25) is 9.69 Å². The van der Waals surface area contributed by atoms with Crippen LogP contribution in [0.2, 0.25) is 0 Å². The first-order chi connectivity index (χ1) is 13.2. The summed E-state index contributed by atoms with van der Waals surface area (Å²) in [5.41, 5.74) is 0.889. The van der Waals surface area contributed by atoms with Crippen LogP contribution in [-0.2, 0) is 20.3 Å². The molecule has 0 amide bonds. The SMILES string of the molecule is [2H]B([3H])CSOC[C@@H]1C[C@H](C(=O)OC(C)(C)C)N(Cc2ccccc2)[C@H]1C=C. The van der Waals surface area contributed by atoms with Gasteiger partial charge in [-0.05, 0) is 53.1 Å². The number of likely N-dealkylation sites (tertiary alicyclic amines) is 1. The van der Waals surface area contributed by atoms with E-state index in [1.807, 2.05) is 45.0 Å². The molecule has 3 atom stereocenters. The predicted octanol–water partition coefficient (Wildman–Crippen LogP) is 3.03. The van der Waals surface area contributed by atoms with E-state index in [-0.39, 0.29) is 24.0 Å². The molecule has 1 saturated heterocycles. The van der Waals surface area contributed by atoms with Gasteiger partial charge in [-0.1, -0.05) is 36.4 Å². The lowest BCUT2D eigenvalue weighted by molar-refractivity contribution is -0.160. The summed E-state index contributed by atoms with van der Waals surface area (Å²) < 4.78 is 25.8. The van der Waals surface area contributed by atoms with E-state index in [1.165, 1.54) is 0 Å². The lowest BCUT2D eigenvalue weighted by Crippen LogP contribution is -2.43. The minimum atomic E-state index is -0.909. The number of rotatable bonds is 9. The highest BCUT2D eigenvalue weighted by Gasteiger charge is 2.44. The Labute approximate surface area is 165 Å². The minimum Gasteiger partial charge on any atom is -0.459 e. The molecule has 0 saturated carbocycles. The van der Waals surface area contributed by atoms with Gasteiger partial charge < -0.3 is 8.92 Å². The lowest BCUT2D eigenvalue weighted by atomic mass is 10.00. The zero-order valence-electron chi connectivity index (χ0n) is 17.9. The molecule has 2 rings (SSSR count). The van der Waals surface area contributed by atoms with E-state index < -0.39 is 13.4 Å². The molecule has 1 aromatic carbocycles. The smallest absolute Gasteiger partial charge is 0.323 e. The second-order valence-corrected chi connectivity index (χ2v) is 8.30. The molecule has 1 heterocycles. The van der Waals surface area contributed by atoms with E-state index in [0.717, 1.165) is 17.6 Å². The quantitative estimate of drug-likeness (QED) is 0.217. The van der Waals surface area contributed by atoms with Gasteiger partial charge in [-0.15, -0.1) is 6.58 Å². The van der Waals surface area contributed by atoms with E-state index in [1.54, 1.807) is 0 Å². The molecular formula is C20H30BNO3S. The van der Waals surface area contributed by atoms with Crippen molar-refractivity contribution in [2.24, 2.45) is 5.92 Å². The standard InChI is InChI=1S/C20H30BNO3S/c1-5-17-16(13-24-26-14-21)11-18(19(23)25-20(2,3)4)22(17)12-15-9-7-6-8-10-15/h5-10,16-18H,1,11-14,21H2,2-4H3/t16-,17-,18+/m0/s1/i21TD. The Balaban J connectivity index is 2.14. The van der Waals surface area contributed by atoms with Gasteiger partial charge in [-0.2, -0.15) is 0 Å². The number of carbonyl (C=O) groups excluding carboxylic acids is 1. The first-order valence-corrected chi connectivity index (χ1v) is 9.86. The fraction of sp³-hybridized carbons (Fsp3) is 0.550. The topological polar surface area (TPSA) is 38.8 Å². The van der Waals surface area contributed by atoms with Crippen molar-refractivity contribution >= 4 is 25.8 Å². The second kappa shape index (κ2) is 9.63. The highest BCUT2D eigenvalue weighted by Crippen LogP contribution is 2.34. The molecule has 6 heteroatoms. The normalized spacial score (nSPS) is 24.7. The van der Waals surface area contributed by atoms with E-state index in [4.69, 9.17) is 11.6 Å². The van der Waals surface area contributed by atoms with E-state index >= 15 is 0 Å². The first-order valence-electron chi connectivity index (χ1n) is 10.1. The summed E-state index contributed by atoms with van der Waals surface area (Å²) in [6.45, 7) is 10.7. The third-order valence-corrected chi connectivity index (χ3v) is 4.79. The van der Waals surface area contributed by atoms with Gasteiger partial charge in [0.15, 0.2) is 0 Å². The molecule has 4 nitrogen and oxygen atoms in total. The zero-order chi connectivity index (χ0) is 20.7. The summed E-state index contributed by atoms with van der Waals surface area (Å²) in [6, 6.07) is 9.69. The number of esters is 1. The molecule has 1 aromatic rings. The minimum absolute atomic E-state index is 0.0128. The molecule has 0 radical (unpaired) electrons. The maximum absolute atomic E-state index is 12.9. The second-order valence-electron chi connectivity index (χ2n) is 7.50. The van der Waals surface area contributed by atoms with Crippen LogP contribution in [-0.4, -0.2) is 51.3 Å². The summed E-state index contributed by atoms with van der Waals surface area (Å²) in [4.78, 5) is 15.0. The van der Waals surface area contributed by atoms with Crippen molar-refractivity contribution in [2.45, 2.75) is 51.4 Å². The molecule has 0 aliphatic carbocycles. The summed E-state index contributed by atoms with van der Waals surface area (Å²) in [5.74, 6) is -0.121. The Morgan fingerprint density at radius 2 is 2.27 bits per heavy atom. The van der Waals surface area contributed by atoms with Gasteiger partial charge in [0.05, 0.1) is 6.61 Å². The fourth-order valence-corrected chi connectivity index (χ4v) is 3.70. The van der Waals surface area contributed by atoms with Crippen LogP contribution in [0.15, 0.2) is 43.0 Å². The highest BCUT2D eigenvalue weighted by atomic mass is 32.2. The number of nitrogens with zero attached hydrogens (tertiary/aromatic N) is 1. The van der Waals surface area contributed by atoms with E-state index in [9.17, 15) is 4.79 Å². The van der Waals surface area contributed by atoms with Crippen molar-refractivity contribution in [1.82, 2.24) is 4.90 Å². The Morgan fingerprint density at radius 3 is 2.88 bits per heavy atom. The molecule has 1 aliphatic heterocycles. The van der Waals surface area contributed by atoms with Crippen molar-refractivity contribution in [3.05, 3.63) is 48.6 Å². The van der Waals surface area contributed by atoms with Crippen molar-refractivity contribution in [2.75, 3.05) is 12.3 Å². The molecule has 142 valence electrons. The number of hydrogen-bond donors (Lipinski definition) is 0. The predicted molar refractivity (Wildman–Crippen MR) is 111 cm³/mol. The van der Waals surface area contributed by atoms with Crippen LogP contribution in [0.25, 0.3) is 0 Å². The molecule has 0 bridgehead atoms. The Kier molecular flexibility index (Phi) is 6.72. The monoisotopic (exact) mass is 378 g/mol. The van der Waals surface area contributed by atoms with Gasteiger partial charge in [0, 0.05) is 18.5 Å². The van der Waals surface area contributed by atoms with Gasteiger partial charge in [-0.25, -0.2) is 0 Å². The van der Waals surface area contributed by atoms with Crippen LogP contribution >= 0.6 is 12.0 Å². The molecule has 0 spiro atoms. The molecule has 1 fully saturated rings. The summed E-state index contributed by atoms with van der Waals surface area (Å²) in [6.07, 6.45) is 2.51. The van der Waals surface area contributed by atoms with Crippen LogP contribution in [0, 0.1) is 5.92 Å².